The van der Waals surface area contributed by atoms with Gasteiger partial charge in [0.15, 0.2) is 0 Å². The molecule has 0 atom stereocenters. The van der Waals surface area contributed by atoms with Gasteiger partial charge in [-0.2, -0.15) is 0 Å². The Morgan fingerprint density at radius 3 is 3.11 bits per heavy atom. The maximum absolute atomic E-state index is 6.12. The van der Waals surface area contributed by atoms with Crippen LogP contribution in [0.15, 0.2) is 30.7 Å². The van der Waals surface area contributed by atoms with Crippen LogP contribution in [0.5, 0.6) is 0 Å². The Balaban J connectivity index is 1.85. The molecule has 2 N–H and O–H groups in total. The van der Waals surface area contributed by atoms with E-state index in [1.165, 1.54) is 16.9 Å². The third kappa shape index (κ3) is 2.18. The second-order valence-corrected chi connectivity index (χ2v) is 5.10. The van der Waals surface area contributed by atoms with Crippen molar-refractivity contribution in [3.05, 3.63) is 42.0 Å². The van der Waals surface area contributed by atoms with E-state index in [1.54, 1.807) is 0 Å². The molecular weight excluding hydrogens is 236 g/mol. The zero-order chi connectivity index (χ0) is 13.2. The summed E-state index contributed by atoms with van der Waals surface area (Å²) in [7, 11) is 0. The summed E-state index contributed by atoms with van der Waals surface area (Å²) in [5.74, 6) is 0. The lowest BCUT2D eigenvalue weighted by Gasteiger charge is -2.21. The molecule has 0 fully saturated rings. The van der Waals surface area contributed by atoms with E-state index in [9.17, 15) is 0 Å². The molecule has 0 bridgehead atoms. The van der Waals surface area contributed by atoms with Crippen LogP contribution in [0.4, 0.5) is 11.4 Å². The molecule has 1 aliphatic rings. The molecule has 0 amide bonds. The van der Waals surface area contributed by atoms with Gasteiger partial charge in [0.05, 0.1) is 29.9 Å². The third-order valence-electron chi connectivity index (χ3n) is 3.73. The first-order chi connectivity index (χ1) is 9.29. The SMILES string of the molecule is CCCn1cncc1CN1CCc2cccc(N)c21. The minimum atomic E-state index is 0.886. The zero-order valence-corrected chi connectivity index (χ0v) is 11.3. The maximum atomic E-state index is 6.12. The highest BCUT2D eigenvalue weighted by molar-refractivity contribution is 5.74. The summed E-state index contributed by atoms with van der Waals surface area (Å²) in [4.78, 5) is 6.64. The van der Waals surface area contributed by atoms with Gasteiger partial charge in [-0.15, -0.1) is 0 Å². The van der Waals surface area contributed by atoms with Crippen molar-refractivity contribution in [2.24, 2.45) is 0 Å². The highest BCUT2D eigenvalue weighted by Crippen LogP contribution is 2.34. The molecule has 4 nitrogen and oxygen atoms in total. The largest absolute Gasteiger partial charge is 0.397 e. The van der Waals surface area contributed by atoms with Crippen LogP contribution in [0.2, 0.25) is 0 Å². The van der Waals surface area contributed by atoms with E-state index < -0.39 is 0 Å². The number of hydrogen-bond donors (Lipinski definition) is 1. The minimum absolute atomic E-state index is 0.886. The first kappa shape index (κ1) is 12.1. The number of aromatic nitrogens is 2. The second-order valence-electron chi connectivity index (χ2n) is 5.10. The molecule has 1 aromatic carbocycles. The standard InChI is InChI=1S/C15H20N4/c1-2-7-19-11-17-9-13(19)10-18-8-6-12-4-3-5-14(16)15(12)18/h3-5,9,11H,2,6-8,10,16H2,1H3. The fourth-order valence-electron chi connectivity index (χ4n) is 2.84. The number of aryl methyl sites for hydroxylation is 1. The summed E-state index contributed by atoms with van der Waals surface area (Å²) in [5.41, 5.74) is 10.8. The molecule has 0 radical (unpaired) electrons. The first-order valence-corrected chi connectivity index (χ1v) is 6.91. The van der Waals surface area contributed by atoms with Crippen molar-refractivity contribution in [1.29, 1.82) is 0 Å². The maximum Gasteiger partial charge on any atom is 0.0948 e. The monoisotopic (exact) mass is 256 g/mol. The van der Waals surface area contributed by atoms with E-state index in [1.807, 2.05) is 24.7 Å². The highest BCUT2D eigenvalue weighted by atomic mass is 15.2. The smallest absolute Gasteiger partial charge is 0.0948 e. The summed E-state index contributed by atoms with van der Waals surface area (Å²) in [6, 6.07) is 6.20. The Labute approximate surface area is 113 Å². The molecule has 4 heteroatoms. The van der Waals surface area contributed by atoms with E-state index >= 15 is 0 Å². The Morgan fingerprint density at radius 1 is 1.37 bits per heavy atom. The second kappa shape index (κ2) is 4.96. The summed E-state index contributed by atoms with van der Waals surface area (Å²) >= 11 is 0. The van der Waals surface area contributed by atoms with E-state index in [0.717, 1.165) is 38.2 Å². The number of imidazole rings is 1. The van der Waals surface area contributed by atoms with Gasteiger partial charge < -0.3 is 15.2 Å². The van der Waals surface area contributed by atoms with Crippen molar-refractivity contribution in [3.63, 3.8) is 0 Å². The summed E-state index contributed by atoms with van der Waals surface area (Å²) in [6.07, 6.45) is 6.10. The topological polar surface area (TPSA) is 47.1 Å². The van der Waals surface area contributed by atoms with Crippen LogP contribution in [0.3, 0.4) is 0 Å². The molecular formula is C15H20N4. The van der Waals surface area contributed by atoms with Crippen LogP contribution >= 0.6 is 0 Å². The van der Waals surface area contributed by atoms with Crippen LogP contribution in [0, 0.1) is 0 Å². The number of nitrogens with zero attached hydrogens (tertiary/aromatic N) is 3. The van der Waals surface area contributed by atoms with Crippen molar-refractivity contribution in [3.8, 4) is 0 Å². The molecule has 0 saturated carbocycles. The number of nitrogens with two attached hydrogens (primary N) is 1. The number of anilines is 2. The quantitative estimate of drug-likeness (QED) is 0.855. The molecule has 0 aliphatic carbocycles. The zero-order valence-electron chi connectivity index (χ0n) is 11.3. The van der Waals surface area contributed by atoms with Crippen molar-refractivity contribution in [1.82, 2.24) is 9.55 Å². The van der Waals surface area contributed by atoms with Gasteiger partial charge in [0.25, 0.3) is 0 Å². The molecule has 1 aromatic heterocycles. The average molecular weight is 256 g/mol. The lowest BCUT2D eigenvalue weighted by Crippen LogP contribution is -2.22. The van der Waals surface area contributed by atoms with Crippen LogP contribution in [-0.2, 0) is 19.5 Å². The number of fused-ring (bicyclic) bond motifs is 1. The van der Waals surface area contributed by atoms with Gasteiger partial charge in [-0.25, -0.2) is 4.98 Å². The molecule has 0 saturated heterocycles. The van der Waals surface area contributed by atoms with Gasteiger partial charge in [-0.3, -0.25) is 0 Å². The number of para-hydroxylation sites is 1. The van der Waals surface area contributed by atoms with E-state index in [-0.39, 0.29) is 0 Å². The minimum Gasteiger partial charge on any atom is -0.397 e. The van der Waals surface area contributed by atoms with Crippen molar-refractivity contribution in [2.45, 2.75) is 32.9 Å². The molecule has 2 heterocycles. The Hall–Kier alpha value is -1.97. The molecule has 0 unspecified atom stereocenters. The highest BCUT2D eigenvalue weighted by Gasteiger charge is 2.22. The predicted molar refractivity (Wildman–Crippen MR) is 78.1 cm³/mol. The first-order valence-electron chi connectivity index (χ1n) is 6.91. The number of hydrogen-bond acceptors (Lipinski definition) is 3. The van der Waals surface area contributed by atoms with Crippen LogP contribution in [0.1, 0.15) is 24.6 Å². The number of benzene rings is 1. The summed E-state index contributed by atoms with van der Waals surface area (Å²) in [6.45, 7) is 5.15. The van der Waals surface area contributed by atoms with E-state index in [0.29, 0.717) is 0 Å². The predicted octanol–water partition coefficient (Wildman–Crippen LogP) is 2.44. The molecule has 100 valence electrons. The lowest BCUT2D eigenvalue weighted by atomic mass is 10.1. The fraction of sp³-hybridized carbons (Fsp3) is 0.400. The van der Waals surface area contributed by atoms with Gasteiger partial charge in [-0.1, -0.05) is 19.1 Å². The van der Waals surface area contributed by atoms with Crippen molar-refractivity contribution >= 4 is 11.4 Å². The van der Waals surface area contributed by atoms with Gasteiger partial charge >= 0.3 is 0 Å². The Bertz CT molecular complexity index is 573. The molecule has 3 rings (SSSR count). The van der Waals surface area contributed by atoms with E-state index in [2.05, 4.69) is 27.4 Å². The summed E-state index contributed by atoms with van der Waals surface area (Å²) in [5, 5.41) is 0. The van der Waals surface area contributed by atoms with Gasteiger partial charge in [-0.05, 0) is 24.5 Å². The van der Waals surface area contributed by atoms with Crippen LogP contribution in [0.25, 0.3) is 0 Å². The van der Waals surface area contributed by atoms with Crippen molar-refractivity contribution < 1.29 is 0 Å². The average Bonchev–Trinajstić information content (AvgIpc) is 3.00. The van der Waals surface area contributed by atoms with Gasteiger partial charge in [0.2, 0.25) is 0 Å². The van der Waals surface area contributed by atoms with Crippen LogP contribution in [-0.4, -0.2) is 16.1 Å². The molecule has 2 aromatic rings. The molecule has 19 heavy (non-hydrogen) atoms. The van der Waals surface area contributed by atoms with Gasteiger partial charge in [0, 0.05) is 19.3 Å². The van der Waals surface area contributed by atoms with Gasteiger partial charge in [0.1, 0.15) is 0 Å². The molecule has 1 aliphatic heterocycles. The Kier molecular flexibility index (Phi) is 3.15. The lowest BCUT2D eigenvalue weighted by molar-refractivity contribution is 0.636. The molecule has 0 spiro atoms. The Morgan fingerprint density at radius 2 is 2.26 bits per heavy atom. The van der Waals surface area contributed by atoms with E-state index in [4.69, 9.17) is 5.73 Å². The number of rotatable bonds is 4. The van der Waals surface area contributed by atoms with Crippen molar-refractivity contribution in [2.75, 3.05) is 17.2 Å². The summed E-state index contributed by atoms with van der Waals surface area (Å²) < 4.78 is 2.23. The fourth-order valence-corrected chi connectivity index (χ4v) is 2.84. The normalized spacial score (nSPS) is 13.8. The number of nitrogen functional groups attached to an aromatic ring is 1. The van der Waals surface area contributed by atoms with Crippen LogP contribution < -0.4 is 10.6 Å². The third-order valence-corrected chi connectivity index (χ3v) is 3.73.